The molecule has 3 rings (SSSR count). The number of hydrogen-bond acceptors (Lipinski definition) is 5. The van der Waals surface area contributed by atoms with Crippen LogP contribution in [0, 0.1) is 0 Å². The summed E-state index contributed by atoms with van der Waals surface area (Å²) >= 11 is 0. The van der Waals surface area contributed by atoms with Gasteiger partial charge in [-0.1, -0.05) is 29.4 Å². The summed E-state index contributed by atoms with van der Waals surface area (Å²) in [5.74, 6) is 0.617. The van der Waals surface area contributed by atoms with Crippen molar-refractivity contribution in [1.82, 2.24) is 15.5 Å². The molecule has 2 heterocycles. The van der Waals surface area contributed by atoms with E-state index < -0.39 is 0 Å². The van der Waals surface area contributed by atoms with Crippen molar-refractivity contribution >= 4 is 6.01 Å². The van der Waals surface area contributed by atoms with Crippen molar-refractivity contribution in [1.29, 1.82) is 0 Å². The number of anilines is 1. The van der Waals surface area contributed by atoms with Crippen molar-refractivity contribution in [3.8, 4) is 0 Å². The molecule has 0 radical (unpaired) electrons. The molecule has 1 aromatic heterocycles. The number of hydrogen-bond donors (Lipinski definition) is 2. The third-order valence-corrected chi connectivity index (χ3v) is 2.88. The van der Waals surface area contributed by atoms with Gasteiger partial charge in [-0.05, 0) is 18.1 Å². The maximum absolute atomic E-state index is 5.57. The Balaban J connectivity index is 1.90. The Morgan fingerprint density at radius 2 is 2.29 bits per heavy atom. The highest BCUT2D eigenvalue weighted by Crippen LogP contribution is 2.30. The first kappa shape index (κ1) is 10.3. The van der Waals surface area contributed by atoms with Crippen LogP contribution in [0.1, 0.15) is 30.0 Å². The highest BCUT2D eigenvalue weighted by atomic mass is 16.4. The van der Waals surface area contributed by atoms with Crippen LogP contribution in [0.5, 0.6) is 0 Å². The van der Waals surface area contributed by atoms with Gasteiger partial charge in [0.25, 0.3) is 0 Å². The Bertz CT molecular complexity index is 523. The molecular weight excluding hydrogens is 216 g/mol. The summed E-state index contributed by atoms with van der Waals surface area (Å²) in [6, 6.07) is 8.78. The molecule has 0 bridgehead atoms. The van der Waals surface area contributed by atoms with E-state index in [0.29, 0.717) is 11.9 Å². The van der Waals surface area contributed by atoms with Crippen LogP contribution in [-0.4, -0.2) is 16.7 Å². The number of fused-ring (bicyclic) bond motifs is 1. The lowest BCUT2D eigenvalue weighted by Crippen LogP contribution is -2.13. The summed E-state index contributed by atoms with van der Waals surface area (Å²) in [7, 11) is 0. The van der Waals surface area contributed by atoms with Crippen LogP contribution in [0.15, 0.2) is 28.7 Å². The molecule has 88 valence electrons. The second-order valence-corrected chi connectivity index (χ2v) is 3.99. The third-order valence-electron chi connectivity index (χ3n) is 2.88. The zero-order valence-corrected chi connectivity index (χ0v) is 9.60. The highest BCUT2D eigenvalue weighted by Gasteiger charge is 2.27. The summed E-state index contributed by atoms with van der Waals surface area (Å²) in [6.07, 6.45) is 0. The van der Waals surface area contributed by atoms with Gasteiger partial charge in [0.2, 0.25) is 5.89 Å². The average Bonchev–Trinajstić information content (AvgIpc) is 2.95. The molecule has 0 saturated carbocycles. The van der Waals surface area contributed by atoms with Crippen LogP contribution in [0.25, 0.3) is 0 Å². The summed E-state index contributed by atoms with van der Waals surface area (Å²) in [5.41, 5.74) is 2.51. The van der Waals surface area contributed by atoms with E-state index in [1.165, 1.54) is 11.1 Å². The zero-order valence-electron chi connectivity index (χ0n) is 9.60. The minimum absolute atomic E-state index is 0.0195. The summed E-state index contributed by atoms with van der Waals surface area (Å²) < 4.78 is 5.57. The van der Waals surface area contributed by atoms with Crippen molar-refractivity contribution < 1.29 is 4.42 Å². The van der Waals surface area contributed by atoms with Crippen molar-refractivity contribution in [2.75, 3.05) is 11.9 Å². The molecule has 2 aromatic rings. The second kappa shape index (κ2) is 4.18. The molecular formula is C12H14N4O. The van der Waals surface area contributed by atoms with Crippen molar-refractivity contribution in [3.05, 3.63) is 41.3 Å². The minimum Gasteiger partial charge on any atom is -0.406 e. The lowest BCUT2D eigenvalue weighted by Gasteiger charge is -2.06. The molecule has 0 spiro atoms. The Morgan fingerprint density at radius 3 is 3.18 bits per heavy atom. The SMILES string of the molecule is CCNc1nnc(C2NCc3ccccc32)o1. The van der Waals surface area contributed by atoms with E-state index >= 15 is 0 Å². The van der Waals surface area contributed by atoms with E-state index in [-0.39, 0.29) is 6.04 Å². The Kier molecular flexibility index (Phi) is 2.53. The Morgan fingerprint density at radius 1 is 1.41 bits per heavy atom. The number of aromatic nitrogens is 2. The molecule has 0 fully saturated rings. The van der Waals surface area contributed by atoms with Crippen molar-refractivity contribution in [3.63, 3.8) is 0 Å². The van der Waals surface area contributed by atoms with Crippen LogP contribution in [0.2, 0.25) is 0 Å². The van der Waals surface area contributed by atoms with Crippen molar-refractivity contribution in [2.45, 2.75) is 19.5 Å². The molecule has 5 nitrogen and oxygen atoms in total. The predicted octanol–water partition coefficient (Wildman–Crippen LogP) is 1.69. The van der Waals surface area contributed by atoms with Gasteiger partial charge >= 0.3 is 6.01 Å². The van der Waals surface area contributed by atoms with Gasteiger partial charge < -0.3 is 9.73 Å². The second-order valence-electron chi connectivity index (χ2n) is 3.99. The molecule has 5 heteroatoms. The molecule has 1 aromatic carbocycles. The molecule has 0 saturated heterocycles. The Hall–Kier alpha value is -1.88. The highest BCUT2D eigenvalue weighted by molar-refractivity contribution is 5.37. The van der Waals surface area contributed by atoms with Crippen LogP contribution in [0.4, 0.5) is 6.01 Å². The van der Waals surface area contributed by atoms with Gasteiger partial charge in [-0.2, -0.15) is 0 Å². The fourth-order valence-electron chi connectivity index (χ4n) is 2.09. The molecule has 1 atom stereocenters. The smallest absolute Gasteiger partial charge is 0.315 e. The van der Waals surface area contributed by atoms with Crippen LogP contribution in [0.3, 0.4) is 0 Å². The minimum atomic E-state index is 0.0195. The van der Waals surface area contributed by atoms with Crippen molar-refractivity contribution in [2.24, 2.45) is 0 Å². The first-order valence-electron chi connectivity index (χ1n) is 5.77. The summed E-state index contributed by atoms with van der Waals surface area (Å²) in [5, 5.41) is 14.4. The number of rotatable bonds is 3. The lowest BCUT2D eigenvalue weighted by atomic mass is 10.1. The van der Waals surface area contributed by atoms with E-state index in [1.807, 2.05) is 19.1 Å². The van der Waals surface area contributed by atoms with E-state index in [2.05, 4.69) is 33.0 Å². The molecule has 1 aliphatic heterocycles. The van der Waals surface area contributed by atoms with Gasteiger partial charge in [-0.3, -0.25) is 5.32 Å². The quantitative estimate of drug-likeness (QED) is 0.840. The number of nitrogens with zero attached hydrogens (tertiary/aromatic N) is 2. The van der Waals surface area contributed by atoms with Gasteiger partial charge in [0, 0.05) is 13.1 Å². The van der Waals surface area contributed by atoms with Gasteiger partial charge in [-0.15, -0.1) is 5.10 Å². The largest absolute Gasteiger partial charge is 0.406 e. The summed E-state index contributed by atoms with van der Waals surface area (Å²) in [4.78, 5) is 0. The van der Waals surface area contributed by atoms with Gasteiger partial charge in [0.1, 0.15) is 6.04 Å². The zero-order chi connectivity index (χ0) is 11.7. The maximum Gasteiger partial charge on any atom is 0.315 e. The standard InChI is InChI=1S/C12H14N4O/c1-2-13-12-16-15-11(17-12)10-9-6-4-3-5-8(9)7-14-10/h3-6,10,14H,2,7H2,1H3,(H,13,16). The molecule has 2 N–H and O–H groups in total. The molecule has 17 heavy (non-hydrogen) atoms. The topological polar surface area (TPSA) is 63.0 Å². The first-order valence-corrected chi connectivity index (χ1v) is 5.77. The Labute approximate surface area is 99.2 Å². The number of benzene rings is 1. The normalized spacial score (nSPS) is 18.1. The van der Waals surface area contributed by atoms with Crippen LogP contribution in [-0.2, 0) is 6.54 Å². The van der Waals surface area contributed by atoms with E-state index in [9.17, 15) is 0 Å². The predicted molar refractivity (Wildman–Crippen MR) is 63.6 cm³/mol. The van der Waals surface area contributed by atoms with Gasteiger partial charge in [0.05, 0.1) is 0 Å². The molecule has 1 aliphatic rings. The lowest BCUT2D eigenvalue weighted by molar-refractivity contribution is 0.455. The number of nitrogens with one attached hydrogen (secondary N) is 2. The van der Waals surface area contributed by atoms with E-state index in [1.54, 1.807) is 0 Å². The summed E-state index contributed by atoms with van der Waals surface area (Å²) in [6.45, 7) is 3.61. The fourth-order valence-corrected chi connectivity index (χ4v) is 2.09. The van der Waals surface area contributed by atoms with Crippen LogP contribution >= 0.6 is 0 Å². The molecule has 0 amide bonds. The first-order chi connectivity index (χ1) is 8.38. The maximum atomic E-state index is 5.57. The van der Waals surface area contributed by atoms with Gasteiger partial charge in [-0.25, -0.2) is 0 Å². The molecule has 1 unspecified atom stereocenters. The monoisotopic (exact) mass is 230 g/mol. The third kappa shape index (κ3) is 1.78. The fraction of sp³-hybridized carbons (Fsp3) is 0.333. The van der Waals surface area contributed by atoms with Crippen LogP contribution < -0.4 is 10.6 Å². The molecule has 0 aliphatic carbocycles. The average molecular weight is 230 g/mol. The van der Waals surface area contributed by atoms with Gasteiger partial charge in [0.15, 0.2) is 0 Å². The van der Waals surface area contributed by atoms with E-state index in [4.69, 9.17) is 4.42 Å². The van der Waals surface area contributed by atoms with E-state index in [0.717, 1.165) is 13.1 Å².